The van der Waals surface area contributed by atoms with Gasteiger partial charge >= 0.3 is 5.51 Å². The van der Waals surface area contributed by atoms with Crippen LogP contribution in [0.5, 0.6) is 0 Å². The first-order chi connectivity index (χ1) is 9.20. The second kappa shape index (κ2) is 6.45. The average Bonchev–Trinajstić information content (AvgIpc) is 2.35. The summed E-state index contributed by atoms with van der Waals surface area (Å²) >= 11 is 0. The number of hydrogen-bond donors (Lipinski definition) is 2. The Morgan fingerprint density at radius 1 is 1.20 bits per heavy atom. The highest BCUT2D eigenvalue weighted by Gasteiger charge is 2.47. The maximum atomic E-state index is 12.6. The van der Waals surface area contributed by atoms with E-state index in [0.717, 1.165) is 6.07 Å². The third-order valence-electron chi connectivity index (χ3n) is 2.67. The third-order valence-corrected chi connectivity index (χ3v) is 4.22. The van der Waals surface area contributed by atoms with Crippen LogP contribution >= 0.6 is 0 Å². The Morgan fingerprint density at radius 2 is 1.80 bits per heavy atom. The van der Waals surface area contributed by atoms with Gasteiger partial charge in [-0.2, -0.15) is 13.2 Å². The Bertz CT molecular complexity index is 544. The lowest BCUT2D eigenvalue weighted by Gasteiger charge is -2.16. The van der Waals surface area contributed by atoms with Gasteiger partial charge in [0.1, 0.15) is 0 Å². The van der Waals surface area contributed by atoms with Gasteiger partial charge in [-0.05, 0) is 31.6 Å². The van der Waals surface area contributed by atoms with Crippen molar-refractivity contribution in [1.29, 1.82) is 0 Å². The van der Waals surface area contributed by atoms with Crippen LogP contribution < -0.4 is 10.6 Å². The van der Waals surface area contributed by atoms with Gasteiger partial charge < -0.3 is 10.6 Å². The summed E-state index contributed by atoms with van der Waals surface area (Å²) in [6.45, 7) is 2.93. The van der Waals surface area contributed by atoms with E-state index in [4.69, 9.17) is 0 Å². The van der Waals surface area contributed by atoms with Gasteiger partial charge in [0, 0.05) is 6.54 Å². The molecule has 1 aromatic carbocycles. The van der Waals surface area contributed by atoms with Gasteiger partial charge in [0.05, 0.1) is 10.6 Å². The van der Waals surface area contributed by atoms with Crippen molar-refractivity contribution in [1.82, 2.24) is 5.32 Å². The van der Waals surface area contributed by atoms with E-state index in [1.807, 2.05) is 6.92 Å². The Balaban J connectivity index is 3.01. The molecule has 1 unspecified atom stereocenters. The van der Waals surface area contributed by atoms with Gasteiger partial charge in [-0.3, -0.25) is 0 Å². The van der Waals surface area contributed by atoms with Crippen molar-refractivity contribution in [3.05, 3.63) is 24.3 Å². The molecule has 0 aromatic heterocycles. The van der Waals surface area contributed by atoms with E-state index in [9.17, 15) is 21.6 Å². The maximum absolute atomic E-state index is 12.6. The number of halogens is 3. The van der Waals surface area contributed by atoms with E-state index >= 15 is 0 Å². The number of alkyl halides is 3. The molecule has 0 aliphatic rings. The number of anilines is 1. The minimum Gasteiger partial charge on any atom is -0.384 e. The fourth-order valence-corrected chi connectivity index (χ4v) is 2.61. The molecule has 0 spiro atoms. The van der Waals surface area contributed by atoms with Crippen molar-refractivity contribution in [2.24, 2.45) is 5.92 Å². The summed E-state index contributed by atoms with van der Waals surface area (Å²) in [7, 11) is -3.58. The zero-order valence-corrected chi connectivity index (χ0v) is 12.0. The molecule has 0 heterocycles. The quantitative estimate of drug-likeness (QED) is 0.846. The molecule has 4 nitrogen and oxygen atoms in total. The lowest BCUT2D eigenvalue weighted by Crippen LogP contribution is -2.26. The fraction of sp³-hybridized carbons (Fsp3) is 0.500. The first-order valence-electron chi connectivity index (χ1n) is 5.99. The first-order valence-corrected chi connectivity index (χ1v) is 7.47. The van der Waals surface area contributed by atoms with Crippen LogP contribution in [0.25, 0.3) is 0 Å². The number of nitrogens with one attached hydrogen (secondary N) is 2. The summed E-state index contributed by atoms with van der Waals surface area (Å²) < 4.78 is 60.7. The van der Waals surface area contributed by atoms with Crippen LogP contribution in [0, 0.1) is 5.92 Å². The number of para-hydroxylation sites is 1. The minimum atomic E-state index is -5.35. The summed E-state index contributed by atoms with van der Waals surface area (Å²) in [6.07, 6.45) is 0. The summed E-state index contributed by atoms with van der Waals surface area (Å²) in [5, 5.41) is 5.69. The fourth-order valence-electron chi connectivity index (χ4n) is 1.68. The molecule has 1 aromatic rings. The van der Waals surface area contributed by atoms with Gasteiger partial charge in [-0.15, -0.1) is 0 Å². The normalized spacial score (nSPS) is 14.1. The van der Waals surface area contributed by atoms with Gasteiger partial charge in [-0.1, -0.05) is 19.1 Å². The van der Waals surface area contributed by atoms with Crippen molar-refractivity contribution in [3.63, 3.8) is 0 Å². The van der Waals surface area contributed by atoms with Crippen LogP contribution in [-0.4, -0.2) is 34.1 Å². The SMILES string of the molecule is CNCC(C)CNc1ccccc1S(=O)(=O)C(F)(F)F. The van der Waals surface area contributed by atoms with Crippen molar-refractivity contribution in [3.8, 4) is 0 Å². The molecule has 0 aliphatic carbocycles. The molecule has 0 amide bonds. The molecule has 2 N–H and O–H groups in total. The van der Waals surface area contributed by atoms with Crippen molar-refractivity contribution in [2.75, 3.05) is 25.5 Å². The first kappa shape index (κ1) is 16.8. The molecule has 20 heavy (non-hydrogen) atoms. The molecular formula is C12H17F3N2O2S. The van der Waals surface area contributed by atoms with Crippen LogP contribution in [0.3, 0.4) is 0 Å². The minimum absolute atomic E-state index is 0.0345. The Kier molecular flexibility index (Phi) is 5.41. The molecule has 1 atom stereocenters. The van der Waals surface area contributed by atoms with Gasteiger partial charge in [0.2, 0.25) is 0 Å². The molecule has 0 saturated heterocycles. The molecule has 0 bridgehead atoms. The van der Waals surface area contributed by atoms with Crippen LogP contribution in [-0.2, 0) is 9.84 Å². The van der Waals surface area contributed by atoms with Gasteiger partial charge in [-0.25, -0.2) is 8.42 Å². The standard InChI is InChI=1S/C12H17F3N2O2S/c1-9(7-16-2)8-17-10-5-3-4-6-11(10)20(18,19)12(13,14)15/h3-6,9,16-17H,7-8H2,1-2H3. The smallest absolute Gasteiger partial charge is 0.384 e. The number of benzene rings is 1. The molecule has 0 radical (unpaired) electrons. The zero-order chi connectivity index (χ0) is 15.4. The Morgan fingerprint density at radius 3 is 2.35 bits per heavy atom. The van der Waals surface area contributed by atoms with E-state index in [1.165, 1.54) is 18.2 Å². The third kappa shape index (κ3) is 3.86. The second-order valence-corrected chi connectivity index (χ2v) is 6.40. The molecular weight excluding hydrogens is 293 g/mol. The lowest BCUT2D eigenvalue weighted by atomic mass is 10.2. The average molecular weight is 310 g/mol. The van der Waals surface area contributed by atoms with Crippen LogP contribution in [0.4, 0.5) is 18.9 Å². The number of rotatable bonds is 6. The van der Waals surface area contributed by atoms with E-state index < -0.39 is 20.2 Å². The Labute approximate surface area is 116 Å². The highest BCUT2D eigenvalue weighted by atomic mass is 32.2. The monoisotopic (exact) mass is 310 g/mol. The van der Waals surface area contributed by atoms with E-state index in [1.54, 1.807) is 7.05 Å². The van der Waals surface area contributed by atoms with Crippen molar-refractivity contribution >= 4 is 15.5 Å². The number of hydrogen-bond acceptors (Lipinski definition) is 4. The second-order valence-electron chi connectivity index (χ2n) is 4.49. The van der Waals surface area contributed by atoms with Crippen molar-refractivity contribution < 1.29 is 21.6 Å². The summed E-state index contributed by atoms with van der Waals surface area (Å²) in [5.74, 6) is 0.140. The zero-order valence-electron chi connectivity index (χ0n) is 11.2. The predicted octanol–water partition coefficient (Wildman–Crippen LogP) is 2.25. The van der Waals surface area contributed by atoms with Crippen molar-refractivity contribution in [2.45, 2.75) is 17.3 Å². The Hall–Kier alpha value is -1.28. The topological polar surface area (TPSA) is 58.2 Å². The molecule has 1 rings (SSSR count). The summed E-state index contributed by atoms with van der Waals surface area (Å²) in [6, 6.07) is 5.03. The van der Waals surface area contributed by atoms with E-state index in [-0.39, 0.29) is 11.6 Å². The van der Waals surface area contributed by atoms with Crippen LogP contribution in [0.1, 0.15) is 6.92 Å². The summed E-state index contributed by atoms with van der Waals surface area (Å²) in [4.78, 5) is -0.746. The predicted molar refractivity (Wildman–Crippen MR) is 71.3 cm³/mol. The molecule has 8 heteroatoms. The molecule has 114 valence electrons. The van der Waals surface area contributed by atoms with Gasteiger partial charge in [0.15, 0.2) is 0 Å². The molecule has 0 fully saturated rings. The van der Waals surface area contributed by atoms with E-state index in [0.29, 0.717) is 13.1 Å². The summed E-state index contributed by atoms with van der Waals surface area (Å²) in [5.41, 5.74) is -5.34. The number of sulfone groups is 1. The highest BCUT2D eigenvalue weighted by molar-refractivity contribution is 7.92. The largest absolute Gasteiger partial charge is 0.501 e. The van der Waals surface area contributed by atoms with E-state index in [2.05, 4.69) is 10.6 Å². The lowest BCUT2D eigenvalue weighted by molar-refractivity contribution is -0.0435. The molecule has 0 aliphatic heterocycles. The molecule has 0 saturated carbocycles. The van der Waals surface area contributed by atoms with Crippen LogP contribution in [0.15, 0.2) is 29.2 Å². The highest BCUT2D eigenvalue weighted by Crippen LogP contribution is 2.34. The van der Waals surface area contributed by atoms with Gasteiger partial charge in [0.25, 0.3) is 9.84 Å². The maximum Gasteiger partial charge on any atom is 0.501 e. The van der Waals surface area contributed by atoms with Crippen LogP contribution in [0.2, 0.25) is 0 Å².